The summed E-state index contributed by atoms with van der Waals surface area (Å²) in [5, 5.41) is 0. The van der Waals surface area contributed by atoms with Crippen molar-refractivity contribution in [1.82, 2.24) is 4.90 Å². The number of hydrogen-bond donors (Lipinski definition) is 0. The van der Waals surface area contributed by atoms with Crippen LogP contribution in [0.1, 0.15) is 30.4 Å². The molecule has 0 radical (unpaired) electrons. The predicted molar refractivity (Wildman–Crippen MR) is 120 cm³/mol. The molecule has 6 heteroatoms. The number of carbonyl (C=O) groups is 1. The SMILES string of the molecule is COc1ccc(CC2CCN(C(=O)CCc3cc(OC)c(OC)c(OC)c3)CC2)cc1. The Labute approximate surface area is 185 Å². The first-order valence-corrected chi connectivity index (χ1v) is 10.8. The Bertz CT molecular complexity index is 832. The quantitative estimate of drug-likeness (QED) is 0.602. The summed E-state index contributed by atoms with van der Waals surface area (Å²) in [7, 11) is 6.47. The third kappa shape index (κ3) is 5.84. The number of hydrogen-bond acceptors (Lipinski definition) is 5. The van der Waals surface area contributed by atoms with Crippen LogP contribution in [0.4, 0.5) is 0 Å². The summed E-state index contributed by atoms with van der Waals surface area (Å²) in [6.07, 6.45) is 4.25. The predicted octanol–water partition coefficient (Wildman–Crippen LogP) is 4.13. The van der Waals surface area contributed by atoms with E-state index in [0.717, 1.165) is 43.7 Å². The number of carbonyl (C=O) groups excluding carboxylic acids is 1. The molecular weight excluding hydrogens is 394 g/mol. The number of aryl methyl sites for hydroxylation is 1. The zero-order valence-electron chi connectivity index (χ0n) is 19.0. The molecule has 0 saturated carbocycles. The Kier molecular flexibility index (Phi) is 8.04. The van der Waals surface area contributed by atoms with E-state index in [4.69, 9.17) is 18.9 Å². The van der Waals surface area contributed by atoms with Gasteiger partial charge in [-0.1, -0.05) is 12.1 Å². The number of likely N-dealkylation sites (tertiary alicyclic amines) is 1. The van der Waals surface area contributed by atoms with Gasteiger partial charge in [0, 0.05) is 19.5 Å². The molecule has 31 heavy (non-hydrogen) atoms. The summed E-state index contributed by atoms with van der Waals surface area (Å²) in [4.78, 5) is 14.8. The molecule has 1 heterocycles. The monoisotopic (exact) mass is 427 g/mol. The average Bonchev–Trinajstić information content (AvgIpc) is 2.82. The van der Waals surface area contributed by atoms with Crippen molar-refractivity contribution in [3.63, 3.8) is 0 Å². The fourth-order valence-corrected chi connectivity index (χ4v) is 4.17. The first-order valence-electron chi connectivity index (χ1n) is 10.8. The zero-order chi connectivity index (χ0) is 22.2. The Balaban J connectivity index is 1.50. The molecule has 2 aromatic carbocycles. The van der Waals surface area contributed by atoms with Crippen LogP contribution >= 0.6 is 0 Å². The highest BCUT2D eigenvalue weighted by molar-refractivity contribution is 5.76. The normalized spacial score (nSPS) is 14.3. The Morgan fingerprint density at radius 1 is 0.871 bits per heavy atom. The fourth-order valence-electron chi connectivity index (χ4n) is 4.17. The largest absolute Gasteiger partial charge is 0.497 e. The van der Waals surface area contributed by atoms with Gasteiger partial charge in [0.25, 0.3) is 0 Å². The molecule has 0 atom stereocenters. The average molecular weight is 428 g/mol. The maximum atomic E-state index is 12.8. The van der Waals surface area contributed by atoms with Gasteiger partial charge < -0.3 is 23.8 Å². The Morgan fingerprint density at radius 2 is 1.48 bits per heavy atom. The summed E-state index contributed by atoms with van der Waals surface area (Å²) < 4.78 is 21.4. The maximum absolute atomic E-state index is 12.8. The van der Waals surface area contributed by atoms with Gasteiger partial charge in [-0.25, -0.2) is 0 Å². The smallest absolute Gasteiger partial charge is 0.222 e. The minimum absolute atomic E-state index is 0.205. The van der Waals surface area contributed by atoms with Crippen molar-refractivity contribution < 1.29 is 23.7 Å². The van der Waals surface area contributed by atoms with E-state index in [2.05, 4.69) is 12.1 Å². The maximum Gasteiger partial charge on any atom is 0.222 e. The zero-order valence-corrected chi connectivity index (χ0v) is 19.0. The van der Waals surface area contributed by atoms with Crippen molar-refractivity contribution in [3.05, 3.63) is 47.5 Å². The summed E-state index contributed by atoms with van der Waals surface area (Å²) in [5.41, 5.74) is 2.32. The van der Waals surface area contributed by atoms with Gasteiger partial charge in [0.1, 0.15) is 5.75 Å². The first-order chi connectivity index (χ1) is 15.1. The molecule has 0 N–H and O–H groups in total. The van der Waals surface area contributed by atoms with Gasteiger partial charge in [-0.05, 0) is 67.0 Å². The molecule has 168 valence electrons. The van der Waals surface area contributed by atoms with E-state index in [1.165, 1.54) is 5.56 Å². The standard InChI is InChI=1S/C25H33NO5/c1-28-21-8-5-18(6-9-21)15-19-11-13-26(14-12-19)24(27)10-7-20-16-22(29-2)25(31-4)23(17-20)30-3/h5-6,8-9,16-17,19H,7,10-15H2,1-4H3. The topological polar surface area (TPSA) is 57.2 Å². The number of rotatable bonds is 9. The van der Waals surface area contributed by atoms with Crippen molar-refractivity contribution in [2.75, 3.05) is 41.5 Å². The molecule has 1 aliphatic rings. The molecule has 1 saturated heterocycles. The van der Waals surface area contributed by atoms with Gasteiger partial charge >= 0.3 is 0 Å². The summed E-state index contributed by atoms with van der Waals surface area (Å²) in [6, 6.07) is 12.1. The highest BCUT2D eigenvalue weighted by atomic mass is 16.5. The van der Waals surface area contributed by atoms with Crippen LogP contribution in [0.2, 0.25) is 0 Å². The molecule has 0 aliphatic carbocycles. The number of benzene rings is 2. The lowest BCUT2D eigenvalue weighted by atomic mass is 9.90. The molecule has 1 fully saturated rings. The lowest BCUT2D eigenvalue weighted by molar-refractivity contribution is -0.132. The van der Waals surface area contributed by atoms with Crippen LogP contribution in [-0.4, -0.2) is 52.3 Å². The van der Waals surface area contributed by atoms with Crippen LogP contribution < -0.4 is 18.9 Å². The van der Waals surface area contributed by atoms with Gasteiger partial charge in [0.05, 0.1) is 28.4 Å². The lowest BCUT2D eigenvalue weighted by Gasteiger charge is -2.32. The van der Waals surface area contributed by atoms with Crippen molar-refractivity contribution in [3.8, 4) is 23.0 Å². The molecule has 1 aliphatic heterocycles. The van der Waals surface area contributed by atoms with Crippen molar-refractivity contribution >= 4 is 5.91 Å². The molecule has 0 spiro atoms. The second kappa shape index (κ2) is 10.9. The number of amides is 1. The van der Waals surface area contributed by atoms with E-state index in [1.54, 1.807) is 28.4 Å². The molecule has 2 aromatic rings. The highest BCUT2D eigenvalue weighted by Gasteiger charge is 2.23. The summed E-state index contributed by atoms with van der Waals surface area (Å²) in [6.45, 7) is 1.66. The Morgan fingerprint density at radius 3 is 2.00 bits per heavy atom. The molecule has 3 rings (SSSR count). The highest BCUT2D eigenvalue weighted by Crippen LogP contribution is 2.38. The van der Waals surface area contributed by atoms with Crippen molar-refractivity contribution in [2.24, 2.45) is 5.92 Å². The molecule has 0 aromatic heterocycles. The van der Waals surface area contributed by atoms with E-state index in [-0.39, 0.29) is 5.91 Å². The second-order valence-electron chi connectivity index (χ2n) is 7.91. The second-order valence-corrected chi connectivity index (χ2v) is 7.91. The van der Waals surface area contributed by atoms with Gasteiger partial charge in [-0.2, -0.15) is 0 Å². The molecule has 0 unspecified atom stereocenters. The van der Waals surface area contributed by atoms with E-state index in [9.17, 15) is 4.79 Å². The fraction of sp³-hybridized carbons (Fsp3) is 0.480. The third-order valence-electron chi connectivity index (χ3n) is 6.00. The number of methoxy groups -OCH3 is 4. The van der Waals surface area contributed by atoms with Crippen LogP contribution in [-0.2, 0) is 17.6 Å². The minimum Gasteiger partial charge on any atom is -0.497 e. The van der Waals surface area contributed by atoms with Gasteiger partial charge in [0.15, 0.2) is 11.5 Å². The number of piperidine rings is 1. The molecule has 0 bridgehead atoms. The number of ether oxygens (including phenoxy) is 4. The minimum atomic E-state index is 0.205. The van der Waals surface area contributed by atoms with Gasteiger partial charge in [-0.15, -0.1) is 0 Å². The van der Waals surface area contributed by atoms with Gasteiger partial charge in [0.2, 0.25) is 11.7 Å². The molecular formula is C25H33NO5. The molecule has 6 nitrogen and oxygen atoms in total. The lowest BCUT2D eigenvalue weighted by Crippen LogP contribution is -2.39. The first kappa shape index (κ1) is 22.8. The van der Waals surface area contributed by atoms with E-state index < -0.39 is 0 Å². The van der Waals surface area contributed by atoms with Crippen molar-refractivity contribution in [2.45, 2.75) is 32.1 Å². The van der Waals surface area contributed by atoms with Crippen LogP contribution in [0.15, 0.2) is 36.4 Å². The van der Waals surface area contributed by atoms with Crippen LogP contribution in [0.25, 0.3) is 0 Å². The van der Waals surface area contributed by atoms with Crippen LogP contribution in [0.5, 0.6) is 23.0 Å². The third-order valence-corrected chi connectivity index (χ3v) is 6.00. The number of nitrogens with zero attached hydrogens (tertiary/aromatic N) is 1. The Hall–Kier alpha value is -2.89. The summed E-state index contributed by atoms with van der Waals surface area (Å²) in [5.74, 6) is 3.51. The van der Waals surface area contributed by atoms with Crippen LogP contribution in [0.3, 0.4) is 0 Å². The van der Waals surface area contributed by atoms with E-state index in [1.807, 2.05) is 29.2 Å². The molecule has 1 amide bonds. The van der Waals surface area contributed by atoms with E-state index >= 15 is 0 Å². The van der Waals surface area contributed by atoms with Crippen molar-refractivity contribution in [1.29, 1.82) is 0 Å². The van der Waals surface area contributed by atoms with Gasteiger partial charge in [-0.3, -0.25) is 4.79 Å². The van der Waals surface area contributed by atoms with Crippen LogP contribution in [0, 0.1) is 5.92 Å². The van der Waals surface area contributed by atoms with E-state index in [0.29, 0.717) is 36.0 Å². The summed E-state index contributed by atoms with van der Waals surface area (Å²) >= 11 is 0.